The number of hydrogen-bond acceptors (Lipinski definition) is 6. The molecule has 0 bridgehead atoms. The molecule has 1 aliphatic heterocycles. The standard InChI is InChI=1S/C33H32O6/c34-32(28-19-11-4-12-20-28)39-33-31(37-23-27-17-9-3-10-18-27)30(36-22-26-15-7-2-8-16-26)29(24-38-33)35-21-25-13-5-1-6-14-25/h1-20,29-31,33H,21-24H2/t29-,30-,31+,33+/m0/s1. The Morgan fingerprint density at radius 3 is 1.54 bits per heavy atom. The summed E-state index contributed by atoms with van der Waals surface area (Å²) in [5.41, 5.74) is 3.48. The molecule has 0 spiro atoms. The minimum absolute atomic E-state index is 0.185. The zero-order chi connectivity index (χ0) is 26.7. The van der Waals surface area contributed by atoms with Crippen molar-refractivity contribution in [1.82, 2.24) is 0 Å². The predicted octanol–water partition coefficient (Wildman–Crippen LogP) is 5.96. The molecular formula is C33H32O6. The number of carbonyl (C=O) groups excluding carboxylic acids is 1. The number of esters is 1. The summed E-state index contributed by atoms with van der Waals surface area (Å²) >= 11 is 0. The van der Waals surface area contributed by atoms with Crippen molar-refractivity contribution in [1.29, 1.82) is 0 Å². The molecule has 6 nitrogen and oxygen atoms in total. The first-order valence-corrected chi connectivity index (χ1v) is 13.1. The topological polar surface area (TPSA) is 63.2 Å². The highest BCUT2D eigenvalue weighted by atomic mass is 16.7. The summed E-state index contributed by atoms with van der Waals surface area (Å²) in [6, 6.07) is 38.6. The Bertz CT molecular complexity index is 1270. The second-order valence-electron chi connectivity index (χ2n) is 9.33. The maximum absolute atomic E-state index is 13.0. The molecule has 5 rings (SSSR count). The summed E-state index contributed by atoms with van der Waals surface area (Å²) in [5.74, 6) is -0.487. The van der Waals surface area contributed by atoms with E-state index in [2.05, 4.69) is 0 Å². The van der Waals surface area contributed by atoms with Crippen molar-refractivity contribution < 1.29 is 28.5 Å². The van der Waals surface area contributed by atoms with Crippen LogP contribution in [0.3, 0.4) is 0 Å². The molecule has 1 aliphatic rings. The van der Waals surface area contributed by atoms with Gasteiger partial charge in [0.2, 0.25) is 6.29 Å². The Balaban J connectivity index is 1.38. The van der Waals surface area contributed by atoms with Crippen LogP contribution in [0.1, 0.15) is 27.0 Å². The second-order valence-corrected chi connectivity index (χ2v) is 9.33. The lowest BCUT2D eigenvalue weighted by molar-refractivity contribution is -0.285. The highest BCUT2D eigenvalue weighted by molar-refractivity contribution is 5.89. The van der Waals surface area contributed by atoms with E-state index < -0.39 is 30.6 Å². The van der Waals surface area contributed by atoms with Crippen molar-refractivity contribution in [2.24, 2.45) is 0 Å². The fourth-order valence-corrected chi connectivity index (χ4v) is 4.42. The van der Waals surface area contributed by atoms with E-state index in [0.717, 1.165) is 16.7 Å². The van der Waals surface area contributed by atoms with Crippen molar-refractivity contribution in [2.75, 3.05) is 6.61 Å². The first-order chi connectivity index (χ1) is 19.3. The summed E-state index contributed by atoms with van der Waals surface area (Å²) in [6.07, 6.45) is -2.70. The van der Waals surface area contributed by atoms with Crippen LogP contribution in [0.5, 0.6) is 0 Å². The average molecular weight is 525 g/mol. The quantitative estimate of drug-likeness (QED) is 0.226. The van der Waals surface area contributed by atoms with Crippen LogP contribution in [0.15, 0.2) is 121 Å². The van der Waals surface area contributed by atoms with Gasteiger partial charge in [-0.15, -0.1) is 0 Å². The molecule has 0 aromatic heterocycles. The monoisotopic (exact) mass is 524 g/mol. The summed E-state index contributed by atoms with van der Waals surface area (Å²) in [5, 5.41) is 0. The van der Waals surface area contributed by atoms with Crippen LogP contribution in [0.25, 0.3) is 0 Å². The van der Waals surface area contributed by atoms with Crippen LogP contribution in [-0.4, -0.2) is 37.2 Å². The lowest BCUT2D eigenvalue weighted by Crippen LogP contribution is -2.57. The molecule has 0 amide bonds. The molecule has 0 N–H and O–H groups in total. The fraction of sp³-hybridized carbons (Fsp3) is 0.242. The molecule has 200 valence electrons. The second kappa shape index (κ2) is 13.8. The molecule has 1 fully saturated rings. The van der Waals surface area contributed by atoms with Crippen LogP contribution < -0.4 is 0 Å². The lowest BCUT2D eigenvalue weighted by atomic mass is 10.0. The number of rotatable bonds is 11. The van der Waals surface area contributed by atoms with Gasteiger partial charge in [-0.2, -0.15) is 0 Å². The van der Waals surface area contributed by atoms with Crippen molar-refractivity contribution in [3.8, 4) is 0 Å². The summed E-state index contributed by atoms with van der Waals surface area (Å²) in [4.78, 5) is 13.0. The van der Waals surface area contributed by atoms with Crippen molar-refractivity contribution in [3.05, 3.63) is 144 Å². The Kier molecular flexibility index (Phi) is 9.50. The fourth-order valence-electron chi connectivity index (χ4n) is 4.42. The summed E-state index contributed by atoms with van der Waals surface area (Å²) in [7, 11) is 0. The Morgan fingerprint density at radius 2 is 1.03 bits per heavy atom. The normalized spacial score (nSPS) is 20.8. The van der Waals surface area contributed by atoms with Crippen LogP contribution in [0.2, 0.25) is 0 Å². The van der Waals surface area contributed by atoms with Gasteiger partial charge in [-0.1, -0.05) is 109 Å². The SMILES string of the molecule is O=C(O[C@H]1OC[C@H](OCc2ccccc2)[C@H](OCc2ccccc2)[C@H]1OCc1ccccc1)c1ccccc1. The molecule has 6 heteroatoms. The van der Waals surface area contributed by atoms with Crippen LogP contribution in [0, 0.1) is 0 Å². The van der Waals surface area contributed by atoms with Crippen LogP contribution in [0.4, 0.5) is 0 Å². The van der Waals surface area contributed by atoms with E-state index in [4.69, 9.17) is 23.7 Å². The maximum atomic E-state index is 13.0. The third-order valence-electron chi connectivity index (χ3n) is 6.49. The van der Waals surface area contributed by atoms with Crippen molar-refractivity contribution in [3.63, 3.8) is 0 Å². The molecule has 1 heterocycles. The van der Waals surface area contributed by atoms with Gasteiger partial charge in [-0.25, -0.2) is 4.79 Å². The van der Waals surface area contributed by atoms with Gasteiger partial charge in [0.1, 0.15) is 18.3 Å². The number of benzene rings is 4. The smallest absolute Gasteiger partial charge is 0.340 e. The molecular weight excluding hydrogens is 492 g/mol. The predicted molar refractivity (Wildman–Crippen MR) is 147 cm³/mol. The average Bonchev–Trinajstić information content (AvgIpc) is 3.00. The first kappa shape index (κ1) is 26.8. The highest BCUT2D eigenvalue weighted by Crippen LogP contribution is 2.28. The van der Waals surface area contributed by atoms with Gasteiger partial charge in [0.05, 0.1) is 32.0 Å². The van der Waals surface area contributed by atoms with Crippen molar-refractivity contribution in [2.45, 2.75) is 44.4 Å². The lowest BCUT2D eigenvalue weighted by Gasteiger charge is -2.41. The van der Waals surface area contributed by atoms with Gasteiger partial charge in [0.15, 0.2) is 0 Å². The molecule has 0 unspecified atom stereocenters. The van der Waals surface area contributed by atoms with E-state index in [9.17, 15) is 4.79 Å². The largest absolute Gasteiger partial charge is 0.429 e. The van der Waals surface area contributed by atoms with Crippen LogP contribution >= 0.6 is 0 Å². The van der Waals surface area contributed by atoms with E-state index in [1.165, 1.54) is 0 Å². The molecule has 4 atom stereocenters. The van der Waals surface area contributed by atoms with E-state index in [0.29, 0.717) is 25.4 Å². The number of hydrogen-bond donors (Lipinski definition) is 0. The molecule has 4 aromatic rings. The zero-order valence-electron chi connectivity index (χ0n) is 21.6. The molecule has 1 saturated heterocycles. The molecule has 0 aliphatic carbocycles. The minimum Gasteiger partial charge on any atom is -0.429 e. The Labute approximate surface area is 229 Å². The van der Waals surface area contributed by atoms with Gasteiger partial charge in [-0.3, -0.25) is 0 Å². The third-order valence-corrected chi connectivity index (χ3v) is 6.49. The third kappa shape index (κ3) is 7.62. The summed E-state index contributed by atoms with van der Waals surface area (Å²) < 4.78 is 31.1. The van der Waals surface area contributed by atoms with Gasteiger partial charge in [-0.05, 0) is 28.8 Å². The molecule has 0 radical (unpaired) electrons. The van der Waals surface area contributed by atoms with E-state index in [-0.39, 0.29) is 6.61 Å². The molecule has 4 aromatic carbocycles. The van der Waals surface area contributed by atoms with E-state index in [1.807, 2.05) is 97.1 Å². The van der Waals surface area contributed by atoms with Crippen molar-refractivity contribution >= 4 is 5.97 Å². The highest BCUT2D eigenvalue weighted by Gasteiger charge is 2.45. The first-order valence-electron chi connectivity index (χ1n) is 13.1. The van der Waals surface area contributed by atoms with E-state index >= 15 is 0 Å². The maximum Gasteiger partial charge on any atom is 0.340 e. The summed E-state index contributed by atoms with van der Waals surface area (Å²) in [6.45, 7) is 1.22. The van der Waals surface area contributed by atoms with Gasteiger partial charge in [0, 0.05) is 0 Å². The molecule has 39 heavy (non-hydrogen) atoms. The van der Waals surface area contributed by atoms with Gasteiger partial charge < -0.3 is 23.7 Å². The molecule has 0 saturated carbocycles. The van der Waals surface area contributed by atoms with Gasteiger partial charge >= 0.3 is 5.97 Å². The minimum atomic E-state index is -0.973. The van der Waals surface area contributed by atoms with E-state index in [1.54, 1.807) is 24.3 Å². The number of carbonyl (C=O) groups is 1. The van der Waals surface area contributed by atoms with Crippen LogP contribution in [-0.2, 0) is 43.5 Å². The Hall–Kier alpha value is -3.81. The Morgan fingerprint density at radius 1 is 0.590 bits per heavy atom. The van der Waals surface area contributed by atoms with Gasteiger partial charge in [0.25, 0.3) is 0 Å². The zero-order valence-corrected chi connectivity index (χ0v) is 21.6. The number of ether oxygens (including phenoxy) is 5.